The molecule has 0 aromatic carbocycles. The van der Waals surface area contributed by atoms with Crippen LogP contribution in [0.5, 0.6) is 0 Å². The molecule has 44 valence electrons. The minimum atomic E-state index is 0. The van der Waals surface area contributed by atoms with Gasteiger partial charge in [-0.3, -0.25) is 6.29 Å². The van der Waals surface area contributed by atoms with Crippen molar-refractivity contribution in [3.05, 3.63) is 24.7 Å². The summed E-state index contributed by atoms with van der Waals surface area (Å²) in [5.74, 6) is 0. The van der Waals surface area contributed by atoms with Crippen molar-refractivity contribution in [2.45, 2.75) is 6.92 Å². The van der Waals surface area contributed by atoms with E-state index >= 15 is 0 Å². The summed E-state index contributed by atoms with van der Waals surface area (Å²) in [7, 11) is 0. The van der Waals surface area contributed by atoms with Gasteiger partial charge in [-0.15, -0.1) is 6.07 Å². The second-order valence-corrected chi connectivity index (χ2v) is 0.935. The van der Waals surface area contributed by atoms with Crippen LogP contribution in [0.15, 0.2) is 22.8 Å². The average Bonchev–Trinajstić information content (AvgIpc) is 2.17. The predicted octanol–water partition coefficient (Wildman–Crippen LogP) is 0.815. The van der Waals surface area contributed by atoms with Crippen LogP contribution in [0.4, 0.5) is 0 Å². The molecule has 0 saturated heterocycles. The number of rotatable bonds is 0. The molecule has 0 fully saturated rings. The van der Waals surface area contributed by atoms with Gasteiger partial charge < -0.3 is 9.21 Å². The third-order valence-electron chi connectivity index (χ3n) is 0.379. The Morgan fingerprint density at radius 2 is 2.22 bits per heavy atom. The van der Waals surface area contributed by atoms with E-state index in [2.05, 4.69) is 10.7 Å². The molecule has 0 bridgehead atoms. The Hall–Kier alpha value is -0.284. The standard InChI is InChI=1S/C4H3O.C2H3O.Mg/c1-2-4-5-3-1;1-2-3;/h1-3H;1H3;/q2*-1;+2. The maximum Gasteiger partial charge on any atom is 2.00 e. The van der Waals surface area contributed by atoms with Crippen LogP contribution in [0.2, 0.25) is 0 Å². The molecule has 1 rings (SSSR count). The summed E-state index contributed by atoms with van der Waals surface area (Å²) in [6.45, 7) is 1.32. The molecule has 0 aliphatic heterocycles. The largest absolute Gasteiger partial charge is 2.00 e. The zero-order valence-electron chi connectivity index (χ0n) is 5.26. The minimum absolute atomic E-state index is 0. The van der Waals surface area contributed by atoms with Gasteiger partial charge in [0.25, 0.3) is 0 Å². The van der Waals surface area contributed by atoms with Crippen LogP contribution in [0.25, 0.3) is 0 Å². The molecule has 0 aliphatic rings. The molecule has 0 radical (unpaired) electrons. The molecular weight excluding hydrogens is 128 g/mol. The fourth-order valence-corrected chi connectivity index (χ4v) is 0.196. The van der Waals surface area contributed by atoms with Crippen LogP contribution in [0.1, 0.15) is 6.92 Å². The van der Waals surface area contributed by atoms with Crippen molar-refractivity contribution < 1.29 is 9.21 Å². The van der Waals surface area contributed by atoms with Crippen molar-refractivity contribution in [3.63, 3.8) is 0 Å². The maximum absolute atomic E-state index is 8.68. The number of hydrogen-bond donors (Lipinski definition) is 0. The first-order valence-corrected chi connectivity index (χ1v) is 2.10. The third-order valence-corrected chi connectivity index (χ3v) is 0.379. The predicted molar refractivity (Wildman–Crippen MR) is 34.7 cm³/mol. The van der Waals surface area contributed by atoms with Gasteiger partial charge in [0, 0.05) is 0 Å². The van der Waals surface area contributed by atoms with E-state index < -0.39 is 0 Å². The first-order chi connectivity index (χ1) is 3.91. The first kappa shape index (κ1) is 11.5. The smallest absolute Gasteiger partial charge is 0.599 e. The van der Waals surface area contributed by atoms with Gasteiger partial charge in [-0.2, -0.15) is 13.0 Å². The number of hydrogen-bond acceptors (Lipinski definition) is 2. The van der Waals surface area contributed by atoms with Crippen LogP contribution < -0.4 is 0 Å². The Kier molecular flexibility index (Phi) is 13.6. The van der Waals surface area contributed by atoms with Crippen LogP contribution >= 0.6 is 0 Å². The molecule has 0 atom stereocenters. The van der Waals surface area contributed by atoms with Gasteiger partial charge >= 0.3 is 23.1 Å². The molecule has 0 aliphatic carbocycles. The molecule has 0 spiro atoms. The average molecular weight is 134 g/mol. The van der Waals surface area contributed by atoms with E-state index in [0.717, 1.165) is 0 Å². The zero-order valence-corrected chi connectivity index (χ0v) is 6.67. The quantitative estimate of drug-likeness (QED) is 0.388. The van der Waals surface area contributed by atoms with E-state index in [-0.39, 0.29) is 23.1 Å². The Balaban J connectivity index is 0. The minimum Gasteiger partial charge on any atom is -0.599 e. The molecule has 0 N–H and O–H groups in total. The summed E-state index contributed by atoms with van der Waals surface area (Å²) in [5.41, 5.74) is 0. The van der Waals surface area contributed by atoms with E-state index in [1.807, 2.05) is 0 Å². The molecule has 2 nitrogen and oxygen atoms in total. The molecule has 9 heavy (non-hydrogen) atoms. The first-order valence-electron chi connectivity index (χ1n) is 2.10. The van der Waals surface area contributed by atoms with Gasteiger partial charge in [0.1, 0.15) is 0 Å². The number of carbonyl (C=O) groups excluding carboxylic acids is 1. The van der Waals surface area contributed by atoms with Gasteiger partial charge in [0.2, 0.25) is 0 Å². The topological polar surface area (TPSA) is 30.2 Å². The van der Waals surface area contributed by atoms with E-state index in [4.69, 9.17) is 4.79 Å². The SMILES string of the molecule is C[C-]=O.[Mg+2].[c-]1ccco1. The van der Waals surface area contributed by atoms with Crippen molar-refractivity contribution in [3.8, 4) is 0 Å². The van der Waals surface area contributed by atoms with Gasteiger partial charge in [0.05, 0.1) is 0 Å². The van der Waals surface area contributed by atoms with E-state index in [1.165, 1.54) is 13.2 Å². The molecule has 0 amide bonds. The van der Waals surface area contributed by atoms with E-state index in [9.17, 15) is 0 Å². The molecule has 1 aromatic rings. The third kappa shape index (κ3) is 11.3. The summed E-state index contributed by atoms with van der Waals surface area (Å²) >= 11 is 0. The Bertz CT molecular complexity index is 97.4. The van der Waals surface area contributed by atoms with Crippen molar-refractivity contribution in [1.82, 2.24) is 0 Å². The monoisotopic (exact) mass is 134 g/mol. The summed E-state index contributed by atoms with van der Waals surface area (Å²) in [6, 6.07) is 3.49. The molecule has 1 aromatic heterocycles. The molecule has 0 unspecified atom stereocenters. The number of furan rings is 1. The van der Waals surface area contributed by atoms with E-state index in [1.54, 1.807) is 18.4 Å². The van der Waals surface area contributed by atoms with Crippen LogP contribution in [-0.4, -0.2) is 29.3 Å². The van der Waals surface area contributed by atoms with Crippen molar-refractivity contribution in [2.24, 2.45) is 0 Å². The van der Waals surface area contributed by atoms with Gasteiger partial charge in [-0.25, -0.2) is 0 Å². The molecule has 1 heterocycles. The van der Waals surface area contributed by atoms with E-state index in [0.29, 0.717) is 0 Å². The molecule has 0 saturated carbocycles. The van der Waals surface area contributed by atoms with Crippen LogP contribution in [0.3, 0.4) is 0 Å². The summed E-state index contributed by atoms with van der Waals surface area (Å²) < 4.78 is 4.46. The summed E-state index contributed by atoms with van der Waals surface area (Å²) in [6.07, 6.45) is 5.56. The fraction of sp³-hybridized carbons (Fsp3) is 0.167. The van der Waals surface area contributed by atoms with Gasteiger partial charge in [0.15, 0.2) is 0 Å². The van der Waals surface area contributed by atoms with Crippen LogP contribution in [0, 0.1) is 6.26 Å². The second kappa shape index (κ2) is 10.7. The fourth-order valence-electron chi connectivity index (χ4n) is 0.196. The molecular formula is C6H6MgO2. The Morgan fingerprint density at radius 3 is 2.33 bits per heavy atom. The normalized spacial score (nSPS) is 5.89. The Labute approximate surface area is 70.4 Å². The Morgan fingerprint density at radius 1 is 1.67 bits per heavy atom. The zero-order chi connectivity index (χ0) is 6.24. The summed E-state index contributed by atoms with van der Waals surface area (Å²) in [5, 5.41) is 0. The van der Waals surface area contributed by atoms with Gasteiger partial charge in [-0.1, -0.05) is 6.26 Å². The van der Waals surface area contributed by atoms with Crippen molar-refractivity contribution >= 4 is 29.3 Å². The second-order valence-electron chi connectivity index (χ2n) is 0.935. The van der Waals surface area contributed by atoms with Crippen LogP contribution in [-0.2, 0) is 4.79 Å². The maximum atomic E-state index is 8.68. The summed E-state index contributed by atoms with van der Waals surface area (Å²) in [4.78, 5) is 8.68. The molecule has 3 heteroatoms. The van der Waals surface area contributed by atoms with Crippen molar-refractivity contribution in [1.29, 1.82) is 0 Å². The van der Waals surface area contributed by atoms with Gasteiger partial charge in [-0.05, 0) is 6.26 Å². The van der Waals surface area contributed by atoms with Crippen molar-refractivity contribution in [2.75, 3.05) is 0 Å².